The molecule has 94 valence electrons. The van der Waals surface area contributed by atoms with Gasteiger partial charge in [-0.3, -0.25) is 0 Å². The number of ether oxygens (including phenoxy) is 1. The van der Waals surface area contributed by atoms with Crippen LogP contribution in [0.5, 0.6) is 5.75 Å². The van der Waals surface area contributed by atoms with Crippen molar-refractivity contribution >= 4 is 0 Å². The minimum Gasteiger partial charge on any atom is -0.488 e. The highest BCUT2D eigenvalue weighted by Crippen LogP contribution is 2.29. The van der Waals surface area contributed by atoms with Crippen molar-refractivity contribution in [3.8, 4) is 5.75 Å². The Morgan fingerprint density at radius 1 is 1.50 bits per heavy atom. The lowest BCUT2D eigenvalue weighted by atomic mass is 10.0. The van der Waals surface area contributed by atoms with Gasteiger partial charge < -0.3 is 15.0 Å². The average molecular weight is 243 g/mol. The Bertz CT molecular complexity index is 524. The zero-order valence-corrected chi connectivity index (χ0v) is 10.4. The van der Waals surface area contributed by atoms with E-state index in [4.69, 9.17) is 10.5 Å². The van der Waals surface area contributed by atoms with Crippen LogP contribution in [0.25, 0.3) is 0 Å². The van der Waals surface area contributed by atoms with E-state index < -0.39 is 0 Å². The summed E-state index contributed by atoms with van der Waals surface area (Å²) in [6, 6.07) is 8.10. The van der Waals surface area contributed by atoms with Crippen LogP contribution in [-0.4, -0.2) is 21.7 Å². The molecule has 0 saturated heterocycles. The van der Waals surface area contributed by atoms with Gasteiger partial charge in [-0.15, -0.1) is 0 Å². The first-order chi connectivity index (χ1) is 8.74. The Balaban J connectivity index is 1.69. The largest absolute Gasteiger partial charge is 0.488 e. The zero-order valence-electron chi connectivity index (χ0n) is 10.4. The number of rotatable bonds is 3. The monoisotopic (exact) mass is 243 g/mol. The van der Waals surface area contributed by atoms with Gasteiger partial charge in [-0.2, -0.15) is 0 Å². The van der Waals surface area contributed by atoms with Gasteiger partial charge in [-0.1, -0.05) is 18.2 Å². The van der Waals surface area contributed by atoms with Crippen molar-refractivity contribution in [2.75, 3.05) is 0 Å². The molecule has 0 aliphatic carbocycles. The number of para-hydroxylation sites is 1. The van der Waals surface area contributed by atoms with E-state index >= 15 is 0 Å². The fourth-order valence-electron chi connectivity index (χ4n) is 2.38. The molecule has 2 aromatic rings. The third-order valence-corrected chi connectivity index (χ3v) is 3.49. The van der Waals surface area contributed by atoms with E-state index in [0.29, 0.717) is 0 Å². The van der Waals surface area contributed by atoms with E-state index in [2.05, 4.69) is 11.1 Å². The molecule has 18 heavy (non-hydrogen) atoms. The third kappa shape index (κ3) is 1.99. The molecule has 2 heterocycles. The summed E-state index contributed by atoms with van der Waals surface area (Å²) in [6.07, 6.45) is 5.42. The van der Waals surface area contributed by atoms with E-state index in [-0.39, 0.29) is 12.1 Å². The number of hydrogen-bond donors (Lipinski definition) is 1. The number of aryl methyl sites for hydroxylation is 1. The molecule has 1 aliphatic heterocycles. The molecule has 0 saturated carbocycles. The molecule has 4 nitrogen and oxygen atoms in total. The lowest BCUT2D eigenvalue weighted by Gasteiger charge is -2.18. The average Bonchev–Trinajstić information content (AvgIpc) is 2.96. The quantitative estimate of drug-likeness (QED) is 0.884. The molecule has 2 atom stereocenters. The zero-order chi connectivity index (χ0) is 12.5. The van der Waals surface area contributed by atoms with Crippen LogP contribution in [-0.2, 0) is 19.9 Å². The molecule has 0 radical (unpaired) electrons. The number of nitrogens with zero attached hydrogens (tertiary/aromatic N) is 2. The Kier molecular flexibility index (Phi) is 2.80. The SMILES string of the molecule is Cn1ccnc1CC(N)C1Cc2ccccc2O1. The van der Waals surface area contributed by atoms with Crippen LogP contribution in [0.3, 0.4) is 0 Å². The van der Waals surface area contributed by atoms with Crippen molar-refractivity contribution < 1.29 is 4.74 Å². The fourth-order valence-corrected chi connectivity index (χ4v) is 2.38. The van der Waals surface area contributed by atoms with Crippen LogP contribution in [0.2, 0.25) is 0 Å². The van der Waals surface area contributed by atoms with Gasteiger partial charge in [0, 0.05) is 38.3 Å². The Labute approximate surface area is 106 Å². The van der Waals surface area contributed by atoms with Gasteiger partial charge in [0.25, 0.3) is 0 Å². The molecule has 2 N–H and O–H groups in total. The van der Waals surface area contributed by atoms with Crippen molar-refractivity contribution in [1.29, 1.82) is 0 Å². The van der Waals surface area contributed by atoms with Crippen LogP contribution >= 0.6 is 0 Å². The Morgan fingerprint density at radius 2 is 2.33 bits per heavy atom. The van der Waals surface area contributed by atoms with E-state index in [1.165, 1.54) is 5.56 Å². The fraction of sp³-hybridized carbons (Fsp3) is 0.357. The van der Waals surface area contributed by atoms with Crippen LogP contribution in [0, 0.1) is 0 Å². The lowest BCUT2D eigenvalue weighted by molar-refractivity contribution is 0.196. The van der Waals surface area contributed by atoms with Gasteiger partial charge in [0.15, 0.2) is 0 Å². The van der Waals surface area contributed by atoms with Gasteiger partial charge in [0.05, 0.1) is 0 Å². The number of nitrogens with two attached hydrogens (primary N) is 1. The maximum Gasteiger partial charge on any atom is 0.123 e. The minimum absolute atomic E-state index is 0.0292. The van der Waals surface area contributed by atoms with E-state index in [1.54, 1.807) is 6.20 Å². The predicted octanol–water partition coefficient (Wildman–Crippen LogP) is 1.29. The molecule has 0 spiro atoms. The van der Waals surface area contributed by atoms with Crippen LogP contribution in [0.4, 0.5) is 0 Å². The normalized spacial score (nSPS) is 19.3. The summed E-state index contributed by atoms with van der Waals surface area (Å²) in [4.78, 5) is 4.30. The predicted molar refractivity (Wildman–Crippen MR) is 69.4 cm³/mol. The molecular formula is C14H17N3O. The number of hydrogen-bond acceptors (Lipinski definition) is 3. The maximum atomic E-state index is 6.24. The smallest absolute Gasteiger partial charge is 0.123 e. The van der Waals surface area contributed by atoms with Gasteiger partial charge in [-0.05, 0) is 11.6 Å². The second-order valence-corrected chi connectivity index (χ2v) is 4.79. The molecule has 0 bridgehead atoms. The first-order valence-electron chi connectivity index (χ1n) is 6.20. The van der Waals surface area contributed by atoms with E-state index in [9.17, 15) is 0 Å². The second-order valence-electron chi connectivity index (χ2n) is 4.79. The van der Waals surface area contributed by atoms with Gasteiger partial charge in [-0.25, -0.2) is 4.98 Å². The summed E-state index contributed by atoms with van der Waals surface area (Å²) >= 11 is 0. The van der Waals surface area contributed by atoms with Gasteiger partial charge in [0.1, 0.15) is 17.7 Å². The first kappa shape index (κ1) is 11.3. The van der Waals surface area contributed by atoms with Gasteiger partial charge in [0.2, 0.25) is 0 Å². The molecule has 1 aliphatic rings. The molecule has 3 rings (SSSR count). The van der Waals surface area contributed by atoms with Crippen LogP contribution in [0.15, 0.2) is 36.7 Å². The molecule has 1 aromatic carbocycles. The summed E-state index contributed by atoms with van der Waals surface area (Å²) in [5.74, 6) is 1.97. The Morgan fingerprint density at radius 3 is 3.06 bits per heavy atom. The van der Waals surface area contributed by atoms with Crippen molar-refractivity contribution in [3.63, 3.8) is 0 Å². The molecule has 2 unspecified atom stereocenters. The highest BCUT2D eigenvalue weighted by Gasteiger charge is 2.28. The maximum absolute atomic E-state index is 6.24. The van der Waals surface area contributed by atoms with Crippen molar-refractivity contribution in [1.82, 2.24) is 9.55 Å². The van der Waals surface area contributed by atoms with Crippen LogP contribution < -0.4 is 10.5 Å². The standard InChI is InChI=1S/C14H17N3O/c1-17-7-6-16-14(17)9-11(15)13-8-10-4-2-3-5-12(10)18-13/h2-7,11,13H,8-9,15H2,1H3. The van der Waals surface area contributed by atoms with Crippen molar-refractivity contribution in [3.05, 3.63) is 48.0 Å². The summed E-state index contributed by atoms with van der Waals surface area (Å²) in [5, 5.41) is 0. The summed E-state index contributed by atoms with van der Waals surface area (Å²) in [5.41, 5.74) is 7.49. The lowest BCUT2D eigenvalue weighted by Crippen LogP contribution is -2.40. The minimum atomic E-state index is -0.0292. The number of imidazole rings is 1. The van der Waals surface area contributed by atoms with E-state index in [0.717, 1.165) is 24.4 Å². The third-order valence-electron chi connectivity index (χ3n) is 3.49. The van der Waals surface area contributed by atoms with E-state index in [1.807, 2.05) is 36.0 Å². The topological polar surface area (TPSA) is 53.1 Å². The highest BCUT2D eigenvalue weighted by atomic mass is 16.5. The summed E-state index contributed by atoms with van der Waals surface area (Å²) in [6.45, 7) is 0. The number of benzene rings is 1. The van der Waals surface area contributed by atoms with Crippen molar-refractivity contribution in [2.45, 2.75) is 25.0 Å². The van der Waals surface area contributed by atoms with Crippen molar-refractivity contribution in [2.24, 2.45) is 12.8 Å². The number of fused-ring (bicyclic) bond motifs is 1. The highest BCUT2D eigenvalue weighted by molar-refractivity contribution is 5.37. The molecule has 1 aromatic heterocycles. The second kappa shape index (κ2) is 4.46. The summed E-state index contributed by atoms with van der Waals surface area (Å²) in [7, 11) is 1.99. The molecule has 4 heteroatoms. The van der Waals surface area contributed by atoms with Gasteiger partial charge >= 0.3 is 0 Å². The summed E-state index contributed by atoms with van der Waals surface area (Å²) < 4.78 is 7.90. The number of aromatic nitrogens is 2. The Hall–Kier alpha value is -1.81. The first-order valence-corrected chi connectivity index (χ1v) is 6.20. The molecule has 0 amide bonds. The van der Waals surface area contributed by atoms with Crippen LogP contribution in [0.1, 0.15) is 11.4 Å². The molecular weight excluding hydrogens is 226 g/mol. The molecule has 0 fully saturated rings.